The largest absolute Gasteiger partial charge is 0.494 e. The average molecular weight is 439 g/mol. The molecule has 1 atom stereocenters. The van der Waals surface area contributed by atoms with Crippen LogP contribution in [-0.2, 0) is 9.26 Å². The summed E-state index contributed by atoms with van der Waals surface area (Å²) >= 11 is 0. The first-order valence-corrected chi connectivity index (χ1v) is 11.7. The molecule has 0 bridgehead atoms. The minimum atomic E-state index is -1.61. The molecule has 0 aliphatic rings. The second-order valence-corrected chi connectivity index (χ2v) is 8.63. The van der Waals surface area contributed by atoms with Gasteiger partial charge in [0.15, 0.2) is 0 Å². The Hall–Kier alpha value is -1.34. The summed E-state index contributed by atoms with van der Waals surface area (Å²) in [5, 5.41) is 0.760. The molecule has 2 rings (SSSR count). The van der Waals surface area contributed by atoms with E-state index in [4.69, 9.17) is 18.7 Å². The van der Waals surface area contributed by atoms with E-state index in [2.05, 4.69) is 0 Å². The first kappa shape index (κ1) is 27.7. The molecule has 0 heterocycles. The molecule has 31 heavy (non-hydrogen) atoms. The van der Waals surface area contributed by atoms with Crippen molar-refractivity contribution in [2.45, 2.75) is 41.5 Å². The molecule has 0 saturated heterocycles. The van der Waals surface area contributed by atoms with Crippen molar-refractivity contribution in [1.82, 2.24) is 0 Å². The third-order valence-corrected chi connectivity index (χ3v) is 6.33. The number of benzene rings is 2. The van der Waals surface area contributed by atoms with Gasteiger partial charge in [0.1, 0.15) is 19.6 Å². The summed E-state index contributed by atoms with van der Waals surface area (Å²) < 4.78 is 23.1. The minimum absolute atomic E-state index is 0. The smallest absolute Gasteiger partial charge is 0.216 e. The van der Waals surface area contributed by atoms with E-state index < -0.39 is 8.15 Å². The van der Waals surface area contributed by atoms with Gasteiger partial charge in [0.2, 0.25) is 5.52 Å². The summed E-state index contributed by atoms with van der Waals surface area (Å²) in [6, 6.07) is 9.67. The van der Waals surface area contributed by atoms with Crippen LogP contribution in [0.3, 0.4) is 0 Å². The van der Waals surface area contributed by atoms with Crippen molar-refractivity contribution in [1.29, 1.82) is 0 Å². The fraction of sp³-hybridized carbons (Fsp3) is 0.458. The summed E-state index contributed by atoms with van der Waals surface area (Å²) in [6.07, 6.45) is 0. The predicted molar refractivity (Wildman–Crippen MR) is 129 cm³/mol. The third-order valence-electron chi connectivity index (χ3n) is 4.49. The van der Waals surface area contributed by atoms with E-state index in [0.717, 1.165) is 27.6 Å². The first-order valence-electron chi connectivity index (χ1n) is 10.4. The molecule has 0 aromatic heterocycles. The zero-order valence-electron chi connectivity index (χ0n) is 19.9. The van der Waals surface area contributed by atoms with Gasteiger partial charge in [-0.1, -0.05) is 17.7 Å². The van der Waals surface area contributed by atoms with Gasteiger partial charge in [-0.2, -0.15) is 0 Å². The maximum Gasteiger partial charge on any atom is 0.216 e. The zero-order chi connectivity index (χ0) is 22.1. The van der Waals surface area contributed by atoms with Crippen molar-refractivity contribution in [3.05, 3.63) is 52.6 Å². The van der Waals surface area contributed by atoms with Gasteiger partial charge >= 0.3 is 0 Å². The Balaban J connectivity index is 0.00000480. The molecule has 5 nitrogen and oxygen atoms in total. The molecular weight excluding hydrogens is 406 g/mol. The van der Waals surface area contributed by atoms with E-state index in [9.17, 15) is 4.79 Å². The average Bonchev–Trinajstić information content (AvgIpc) is 2.68. The standard InChI is InChI=1S/C24H33O5P.Li/c1-7-26-12-13-29-30(24(25)23-18(5)14-17(4)15-19(23)6)22-11-10-20(27-8-2)16-21(22)28-9-3;/h10-11,14-16H,7-9,12-13H2,1-6H3;. The number of rotatable bonds is 12. The third kappa shape index (κ3) is 7.63. The van der Waals surface area contributed by atoms with Crippen molar-refractivity contribution in [2.75, 3.05) is 33.0 Å². The Bertz CT molecular complexity index is 833. The number of hydrogen-bond acceptors (Lipinski definition) is 5. The Morgan fingerprint density at radius 2 is 1.52 bits per heavy atom. The number of carbonyl (C=O) groups is 1. The number of aryl methyl sites for hydroxylation is 3. The van der Waals surface area contributed by atoms with Crippen LogP contribution >= 0.6 is 8.15 Å². The SMILES string of the molecule is CCOCCOP(C(=O)c1c(C)cc(C)cc1C)c1ccc(OCC)cc1OCC.[Li]. The second kappa shape index (κ2) is 13.9. The molecule has 2 aromatic rings. The number of carbonyl (C=O) groups excluding carboxylic acids is 1. The van der Waals surface area contributed by atoms with Gasteiger partial charge < -0.3 is 18.7 Å². The van der Waals surface area contributed by atoms with Crippen molar-refractivity contribution in [3.63, 3.8) is 0 Å². The van der Waals surface area contributed by atoms with E-state index in [0.29, 0.717) is 44.5 Å². The van der Waals surface area contributed by atoms with Gasteiger partial charge in [-0.15, -0.1) is 0 Å². The summed E-state index contributed by atoms with van der Waals surface area (Å²) in [4.78, 5) is 13.7. The van der Waals surface area contributed by atoms with Crippen molar-refractivity contribution in [2.24, 2.45) is 0 Å². The quantitative estimate of drug-likeness (QED) is 0.266. The molecule has 0 N–H and O–H groups in total. The normalized spacial score (nSPS) is 11.5. The van der Waals surface area contributed by atoms with Crippen LogP contribution in [0.15, 0.2) is 30.3 Å². The van der Waals surface area contributed by atoms with Gasteiger partial charge in [-0.25, -0.2) is 0 Å². The van der Waals surface area contributed by atoms with Gasteiger partial charge in [-0.3, -0.25) is 4.79 Å². The molecule has 0 aliphatic heterocycles. The fourth-order valence-electron chi connectivity index (χ4n) is 3.38. The number of ether oxygens (including phenoxy) is 3. The van der Waals surface area contributed by atoms with Crippen molar-refractivity contribution in [3.8, 4) is 11.5 Å². The Morgan fingerprint density at radius 3 is 2.10 bits per heavy atom. The molecular formula is C24H33LiO5P. The van der Waals surface area contributed by atoms with Gasteiger partial charge in [-0.05, 0) is 64.8 Å². The predicted octanol–water partition coefficient (Wildman–Crippen LogP) is 4.94. The van der Waals surface area contributed by atoms with E-state index in [-0.39, 0.29) is 24.4 Å². The van der Waals surface area contributed by atoms with Crippen LogP contribution < -0.4 is 14.8 Å². The molecule has 0 amide bonds. The molecule has 0 spiro atoms. The topological polar surface area (TPSA) is 54.0 Å². The van der Waals surface area contributed by atoms with E-state index in [1.165, 1.54) is 0 Å². The van der Waals surface area contributed by atoms with Gasteiger partial charge in [0.05, 0.1) is 31.7 Å². The monoisotopic (exact) mass is 439 g/mol. The van der Waals surface area contributed by atoms with Crippen LogP contribution in [-0.4, -0.2) is 57.4 Å². The Morgan fingerprint density at radius 1 is 0.871 bits per heavy atom. The maximum absolute atomic E-state index is 13.7. The van der Waals surface area contributed by atoms with Crippen molar-refractivity contribution < 1.29 is 23.5 Å². The number of hydrogen-bond donors (Lipinski definition) is 0. The minimum Gasteiger partial charge on any atom is -0.494 e. The molecule has 0 aliphatic carbocycles. The molecule has 1 unspecified atom stereocenters. The van der Waals surface area contributed by atoms with Crippen LogP contribution in [0.25, 0.3) is 0 Å². The second-order valence-electron chi connectivity index (χ2n) is 6.90. The molecule has 1 radical (unpaired) electrons. The maximum atomic E-state index is 13.7. The van der Waals surface area contributed by atoms with E-state index >= 15 is 0 Å². The van der Waals surface area contributed by atoms with Crippen LogP contribution in [0, 0.1) is 20.8 Å². The Kier molecular flexibility index (Phi) is 12.5. The van der Waals surface area contributed by atoms with Crippen LogP contribution in [0.2, 0.25) is 0 Å². The van der Waals surface area contributed by atoms with E-state index in [1.54, 1.807) is 0 Å². The summed E-state index contributed by atoms with van der Waals surface area (Å²) in [5.74, 6) is 1.34. The fourth-order valence-corrected chi connectivity index (χ4v) is 5.21. The summed E-state index contributed by atoms with van der Waals surface area (Å²) in [6.45, 7) is 14.2. The van der Waals surface area contributed by atoms with E-state index in [1.807, 2.05) is 71.9 Å². The first-order chi connectivity index (χ1) is 14.4. The molecule has 0 saturated carbocycles. The van der Waals surface area contributed by atoms with Gasteiger partial charge in [0.25, 0.3) is 0 Å². The molecule has 165 valence electrons. The van der Waals surface area contributed by atoms with Crippen LogP contribution in [0.4, 0.5) is 0 Å². The molecule has 0 fully saturated rings. The zero-order valence-corrected chi connectivity index (χ0v) is 20.8. The summed E-state index contributed by atoms with van der Waals surface area (Å²) in [5.41, 5.74) is 3.77. The summed E-state index contributed by atoms with van der Waals surface area (Å²) in [7, 11) is -1.61. The molecule has 7 heteroatoms. The van der Waals surface area contributed by atoms with Crippen molar-refractivity contribution >= 4 is 37.8 Å². The Labute approximate surface area is 199 Å². The van der Waals surface area contributed by atoms with Gasteiger partial charge in [0, 0.05) is 37.1 Å². The molecule has 2 aromatic carbocycles. The van der Waals surface area contributed by atoms with Crippen LogP contribution in [0.1, 0.15) is 47.8 Å². The van der Waals surface area contributed by atoms with Crippen LogP contribution in [0.5, 0.6) is 11.5 Å².